The quantitative estimate of drug-likeness (QED) is 0.652. The predicted molar refractivity (Wildman–Crippen MR) is 75.9 cm³/mol. The van der Waals surface area contributed by atoms with Gasteiger partial charge in [0.25, 0.3) is 5.69 Å². The zero-order valence-corrected chi connectivity index (χ0v) is 11.3. The number of nitro benzene ring substituents is 1. The topological polar surface area (TPSA) is 108 Å². The first-order valence-corrected chi connectivity index (χ1v) is 6.74. The molecule has 0 spiro atoms. The maximum atomic E-state index is 10.6. The van der Waals surface area contributed by atoms with Gasteiger partial charge in [0.1, 0.15) is 0 Å². The molecule has 0 bridgehead atoms. The van der Waals surface area contributed by atoms with Crippen molar-refractivity contribution in [3.63, 3.8) is 0 Å². The molecule has 110 valence electrons. The Morgan fingerprint density at radius 1 is 1.29 bits per heavy atom. The number of aliphatic hydroxyl groups is 1. The van der Waals surface area contributed by atoms with E-state index < -0.39 is 4.92 Å². The van der Waals surface area contributed by atoms with E-state index in [0.717, 1.165) is 18.7 Å². The Balaban J connectivity index is 1.76. The highest BCUT2D eigenvalue weighted by Gasteiger charge is 2.20. The van der Waals surface area contributed by atoms with Crippen LogP contribution < -0.4 is 4.90 Å². The first-order chi connectivity index (χ1) is 10.1. The minimum Gasteiger partial charge on any atom is -0.393 e. The Kier molecular flexibility index (Phi) is 3.53. The van der Waals surface area contributed by atoms with Crippen LogP contribution >= 0.6 is 0 Å². The number of nitro groups is 1. The third-order valence-corrected chi connectivity index (χ3v) is 3.57. The minimum absolute atomic E-state index is 0.0449. The summed E-state index contributed by atoms with van der Waals surface area (Å²) in [5, 5.41) is 27.1. The number of nitrogens with zero attached hydrogens (tertiary/aromatic N) is 4. The van der Waals surface area contributed by atoms with E-state index in [9.17, 15) is 15.2 Å². The fraction of sp³-hybridized carbons (Fsp3) is 0.385. The number of H-pyrrole nitrogens is 1. The summed E-state index contributed by atoms with van der Waals surface area (Å²) in [5.74, 6) is 1.17. The Labute approximate surface area is 120 Å². The molecule has 0 saturated carbocycles. The monoisotopic (exact) mass is 289 g/mol. The number of nitrogens with one attached hydrogen (secondary N) is 1. The summed E-state index contributed by atoms with van der Waals surface area (Å²) in [6.07, 6.45) is 1.18. The van der Waals surface area contributed by atoms with E-state index in [1.54, 1.807) is 12.1 Å². The summed E-state index contributed by atoms with van der Waals surface area (Å²) in [7, 11) is 0. The molecule has 0 atom stereocenters. The van der Waals surface area contributed by atoms with Crippen LogP contribution in [0.5, 0.6) is 0 Å². The summed E-state index contributed by atoms with van der Waals surface area (Å²) in [4.78, 5) is 16.6. The SMILES string of the molecule is O=[N+]([O-])c1ccc(-c2nc(N3CCC(O)CC3)n[nH]2)cc1. The van der Waals surface area contributed by atoms with Crippen molar-refractivity contribution >= 4 is 11.6 Å². The predicted octanol–water partition coefficient (Wildman–Crippen LogP) is 1.34. The fourth-order valence-electron chi connectivity index (χ4n) is 2.33. The van der Waals surface area contributed by atoms with E-state index in [0.29, 0.717) is 24.6 Å². The Morgan fingerprint density at radius 3 is 2.57 bits per heavy atom. The summed E-state index contributed by atoms with van der Waals surface area (Å²) >= 11 is 0. The number of aliphatic hydroxyl groups excluding tert-OH is 1. The summed E-state index contributed by atoms with van der Waals surface area (Å²) in [6.45, 7) is 1.44. The number of aromatic amines is 1. The molecule has 1 aromatic carbocycles. The van der Waals surface area contributed by atoms with Crippen LogP contribution in [-0.2, 0) is 0 Å². The van der Waals surface area contributed by atoms with Crippen molar-refractivity contribution in [1.82, 2.24) is 15.2 Å². The summed E-state index contributed by atoms with van der Waals surface area (Å²) in [6, 6.07) is 6.16. The lowest BCUT2D eigenvalue weighted by Crippen LogP contribution is -2.36. The van der Waals surface area contributed by atoms with Gasteiger partial charge in [-0.3, -0.25) is 15.2 Å². The maximum absolute atomic E-state index is 10.6. The number of hydrogen-bond acceptors (Lipinski definition) is 6. The normalized spacial score (nSPS) is 16.1. The van der Waals surface area contributed by atoms with Crippen LogP contribution in [0.15, 0.2) is 24.3 Å². The molecule has 1 saturated heterocycles. The third kappa shape index (κ3) is 2.84. The van der Waals surface area contributed by atoms with Gasteiger partial charge < -0.3 is 10.0 Å². The van der Waals surface area contributed by atoms with Gasteiger partial charge in [-0.1, -0.05) is 0 Å². The van der Waals surface area contributed by atoms with Crippen LogP contribution in [0.25, 0.3) is 11.4 Å². The molecular formula is C13H15N5O3. The van der Waals surface area contributed by atoms with Crippen LogP contribution in [0.2, 0.25) is 0 Å². The van der Waals surface area contributed by atoms with E-state index in [2.05, 4.69) is 15.2 Å². The van der Waals surface area contributed by atoms with Gasteiger partial charge in [0, 0.05) is 30.8 Å². The lowest BCUT2D eigenvalue weighted by Gasteiger charge is -2.28. The minimum atomic E-state index is -0.436. The molecule has 1 aliphatic rings. The molecule has 0 unspecified atom stereocenters. The number of non-ortho nitro benzene ring substituents is 1. The van der Waals surface area contributed by atoms with E-state index in [-0.39, 0.29) is 11.8 Å². The molecule has 8 nitrogen and oxygen atoms in total. The standard InChI is InChI=1S/C13H15N5O3/c19-11-5-7-17(8-6-11)13-14-12(15-16-13)9-1-3-10(4-2-9)18(20)21/h1-4,11,19H,5-8H2,(H,14,15,16). The summed E-state index contributed by atoms with van der Waals surface area (Å²) < 4.78 is 0. The molecule has 0 aliphatic carbocycles. The Morgan fingerprint density at radius 2 is 1.95 bits per heavy atom. The van der Waals surface area contributed by atoms with Gasteiger partial charge in [-0.25, -0.2) is 0 Å². The average Bonchev–Trinajstić information content (AvgIpc) is 2.98. The van der Waals surface area contributed by atoms with Crippen molar-refractivity contribution in [2.45, 2.75) is 18.9 Å². The molecule has 0 radical (unpaired) electrons. The van der Waals surface area contributed by atoms with Gasteiger partial charge in [-0.05, 0) is 25.0 Å². The van der Waals surface area contributed by atoms with E-state index in [1.165, 1.54) is 12.1 Å². The Hall–Kier alpha value is -2.48. The van der Waals surface area contributed by atoms with Crippen molar-refractivity contribution in [2.75, 3.05) is 18.0 Å². The van der Waals surface area contributed by atoms with E-state index in [1.807, 2.05) is 4.90 Å². The molecule has 3 rings (SSSR count). The van der Waals surface area contributed by atoms with Gasteiger partial charge >= 0.3 is 0 Å². The van der Waals surface area contributed by atoms with Crippen molar-refractivity contribution in [2.24, 2.45) is 0 Å². The highest BCUT2D eigenvalue weighted by molar-refractivity contribution is 5.58. The van der Waals surface area contributed by atoms with E-state index >= 15 is 0 Å². The van der Waals surface area contributed by atoms with Crippen LogP contribution in [0.1, 0.15) is 12.8 Å². The first-order valence-electron chi connectivity index (χ1n) is 6.74. The molecule has 2 heterocycles. The van der Waals surface area contributed by atoms with Gasteiger partial charge in [-0.2, -0.15) is 4.98 Å². The molecule has 0 amide bonds. The van der Waals surface area contributed by atoms with E-state index in [4.69, 9.17) is 0 Å². The molecule has 21 heavy (non-hydrogen) atoms. The molecular weight excluding hydrogens is 274 g/mol. The average molecular weight is 289 g/mol. The van der Waals surface area contributed by atoms with Gasteiger partial charge in [0.2, 0.25) is 5.95 Å². The highest BCUT2D eigenvalue weighted by atomic mass is 16.6. The molecule has 2 N–H and O–H groups in total. The number of benzene rings is 1. The van der Waals surface area contributed by atoms with Crippen LogP contribution in [0.4, 0.5) is 11.6 Å². The van der Waals surface area contributed by atoms with Crippen molar-refractivity contribution < 1.29 is 10.0 Å². The van der Waals surface area contributed by atoms with Crippen molar-refractivity contribution in [1.29, 1.82) is 0 Å². The van der Waals surface area contributed by atoms with Crippen LogP contribution in [0.3, 0.4) is 0 Å². The number of anilines is 1. The second-order valence-electron chi connectivity index (χ2n) is 5.01. The lowest BCUT2D eigenvalue weighted by molar-refractivity contribution is -0.384. The summed E-state index contributed by atoms with van der Waals surface area (Å²) in [5.41, 5.74) is 0.792. The maximum Gasteiger partial charge on any atom is 0.269 e. The first kappa shape index (κ1) is 13.5. The van der Waals surface area contributed by atoms with Gasteiger partial charge in [0.15, 0.2) is 5.82 Å². The highest BCUT2D eigenvalue weighted by Crippen LogP contribution is 2.22. The Bertz CT molecular complexity index is 632. The van der Waals surface area contributed by atoms with Crippen molar-refractivity contribution in [3.05, 3.63) is 34.4 Å². The van der Waals surface area contributed by atoms with Crippen molar-refractivity contribution in [3.8, 4) is 11.4 Å². The molecule has 1 fully saturated rings. The number of hydrogen-bond donors (Lipinski definition) is 2. The second kappa shape index (κ2) is 5.49. The fourth-order valence-corrected chi connectivity index (χ4v) is 2.33. The number of aromatic nitrogens is 3. The molecule has 1 aromatic heterocycles. The van der Waals surface area contributed by atoms with Gasteiger partial charge in [-0.15, -0.1) is 5.10 Å². The number of rotatable bonds is 3. The zero-order chi connectivity index (χ0) is 14.8. The second-order valence-corrected chi connectivity index (χ2v) is 5.01. The molecule has 1 aliphatic heterocycles. The largest absolute Gasteiger partial charge is 0.393 e. The molecule has 8 heteroatoms. The number of piperidine rings is 1. The lowest BCUT2D eigenvalue weighted by atomic mass is 10.1. The third-order valence-electron chi connectivity index (χ3n) is 3.57. The van der Waals surface area contributed by atoms with Crippen LogP contribution in [-0.4, -0.2) is 44.4 Å². The van der Waals surface area contributed by atoms with Gasteiger partial charge in [0.05, 0.1) is 11.0 Å². The smallest absolute Gasteiger partial charge is 0.269 e. The van der Waals surface area contributed by atoms with Crippen LogP contribution in [0, 0.1) is 10.1 Å². The zero-order valence-electron chi connectivity index (χ0n) is 11.3. The molecule has 2 aromatic rings.